The number of hydrogen-bond donors (Lipinski definition) is 1. The summed E-state index contributed by atoms with van der Waals surface area (Å²) < 4.78 is 5.39. The summed E-state index contributed by atoms with van der Waals surface area (Å²) in [4.78, 5) is 11.3. The van der Waals surface area contributed by atoms with Crippen molar-refractivity contribution in [3.8, 4) is 0 Å². The number of nitrogens with zero attached hydrogens (tertiary/aromatic N) is 3. The summed E-state index contributed by atoms with van der Waals surface area (Å²) in [6.45, 7) is 5.87. The molecule has 1 fully saturated rings. The zero-order valence-corrected chi connectivity index (χ0v) is 15.1. The maximum Gasteiger partial charge on any atom is 0.224 e. The number of aromatic nitrogens is 2. The number of benzene rings is 1. The van der Waals surface area contributed by atoms with Crippen molar-refractivity contribution in [2.24, 2.45) is 0 Å². The lowest BCUT2D eigenvalue weighted by molar-refractivity contribution is 0.122. The van der Waals surface area contributed by atoms with Crippen LogP contribution in [0.1, 0.15) is 11.3 Å². The van der Waals surface area contributed by atoms with Crippen LogP contribution in [0.4, 0.5) is 11.8 Å². The Balaban J connectivity index is 1.63. The van der Waals surface area contributed by atoms with Gasteiger partial charge in [-0.05, 0) is 31.0 Å². The smallest absolute Gasteiger partial charge is 0.224 e. The van der Waals surface area contributed by atoms with Gasteiger partial charge in [-0.2, -0.15) is 4.98 Å². The van der Waals surface area contributed by atoms with Gasteiger partial charge in [0.2, 0.25) is 5.95 Å². The lowest BCUT2D eigenvalue weighted by atomic mass is 10.1. The van der Waals surface area contributed by atoms with Crippen molar-refractivity contribution in [2.45, 2.75) is 13.3 Å². The molecule has 0 spiro atoms. The standard InChI is InChI=1S/C17H20Cl2N4O/c1-12-10-16(23-6-8-24-9-7-23)22-17(21-12)20-5-4-13-2-3-14(18)11-15(13)19/h2-3,10-11H,4-9H2,1H3,(H,20,21,22). The minimum absolute atomic E-state index is 0.640. The van der Waals surface area contributed by atoms with Crippen molar-refractivity contribution in [3.05, 3.63) is 45.6 Å². The molecule has 2 heterocycles. The first-order valence-electron chi connectivity index (χ1n) is 7.98. The van der Waals surface area contributed by atoms with E-state index in [0.29, 0.717) is 22.5 Å². The fraction of sp³-hybridized carbons (Fsp3) is 0.412. The second-order valence-electron chi connectivity index (χ2n) is 5.70. The van der Waals surface area contributed by atoms with E-state index in [0.717, 1.165) is 49.8 Å². The minimum Gasteiger partial charge on any atom is -0.378 e. The third kappa shape index (κ3) is 4.50. The number of ether oxygens (including phenoxy) is 1. The molecule has 0 atom stereocenters. The van der Waals surface area contributed by atoms with E-state index in [1.165, 1.54) is 0 Å². The molecule has 0 radical (unpaired) electrons. The molecule has 0 bridgehead atoms. The highest BCUT2D eigenvalue weighted by Gasteiger charge is 2.14. The van der Waals surface area contributed by atoms with Crippen LogP contribution in [-0.2, 0) is 11.2 Å². The summed E-state index contributed by atoms with van der Waals surface area (Å²) in [5.41, 5.74) is 1.99. The first kappa shape index (κ1) is 17.3. The monoisotopic (exact) mass is 366 g/mol. The molecule has 0 saturated carbocycles. The van der Waals surface area contributed by atoms with Crippen LogP contribution in [0.5, 0.6) is 0 Å². The Hall–Kier alpha value is -1.56. The highest BCUT2D eigenvalue weighted by atomic mass is 35.5. The van der Waals surface area contributed by atoms with Gasteiger partial charge in [-0.15, -0.1) is 0 Å². The molecule has 0 unspecified atom stereocenters. The molecule has 2 aromatic rings. The molecule has 3 rings (SSSR count). The SMILES string of the molecule is Cc1cc(N2CCOCC2)nc(NCCc2ccc(Cl)cc2Cl)n1. The van der Waals surface area contributed by atoms with Gasteiger partial charge in [0.25, 0.3) is 0 Å². The van der Waals surface area contributed by atoms with Gasteiger partial charge in [0.05, 0.1) is 13.2 Å². The zero-order valence-electron chi connectivity index (χ0n) is 13.6. The molecule has 1 saturated heterocycles. The third-order valence-electron chi connectivity index (χ3n) is 3.87. The fourth-order valence-corrected chi connectivity index (χ4v) is 3.12. The van der Waals surface area contributed by atoms with Crippen LogP contribution in [-0.4, -0.2) is 42.8 Å². The van der Waals surface area contributed by atoms with E-state index in [4.69, 9.17) is 27.9 Å². The number of nitrogens with one attached hydrogen (secondary N) is 1. The Morgan fingerprint density at radius 1 is 1.17 bits per heavy atom. The van der Waals surface area contributed by atoms with Crippen molar-refractivity contribution >= 4 is 35.0 Å². The van der Waals surface area contributed by atoms with Crippen LogP contribution in [0.25, 0.3) is 0 Å². The third-order valence-corrected chi connectivity index (χ3v) is 4.46. The average Bonchev–Trinajstić information content (AvgIpc) is 2.57. The lowest BCUT2D eigenvalue weighted by Crippen LogP contribution is -2.37. The van der Waals surface area contributed by atoms with E-state index >= 15 is 0 Å². The summed E-state index contributed by atoms with van der Waals surface area (Å²) >= 11 is 12.1. The molecule has 1 aromatic carbocycles. The predicted octanol–water partition coefficient (Wildman–Crippen LogP) is 3.58. The van der Waals surface area contributed by atoms with Gasteiger partial charge in [-0.3, -0.25) is 0 Å². The molecule has 24 heavy (non-hydrogen) atoms. The molecule has 0 aliphatic carbocycles. The fourth-order valence-electron chi connectivity index (χ4n) is 2.62. The first-order chi connectivity index (χ1) is 11.6. The van der Waals surface area contributed by atoms with Crippen LogP contribution < -0.4 is 10.2 Å². The predicted molar refractivity (Wildman–Crippen MR) is 98.5 cm³/mol. The maximum atomic E-state index is 6.20. The van der Waals surface area contributed by atoms with Crippen molar-refractivity contribution < 1.29 is 4.74 Å². The van der Waals surface area contributed by atoms with E-state index in [2.05, 4.69) is 20.2 Å². The molecule has 1 aromatic heterocycles. The Labute approximate surface area is 152 Å². The molecule has 0 amide bonds. The number of aryl methyl sites for hydroxylation is 1. The Morgan fingerprint density at radius 2 is 1.96 bits per heavy atom. The van der Waals surface area contributed by atoms with E-state index in [9.17, 15) is 0 Å². The van der Waals surface area contributed by atoms with Crippen molar-refractivity contribution in [1.82, 2.24) is 9.97 Å². The number of hydrogen-bond acceptors (Lipinski definition) is 5. The summed E-state index contributed by atoms with van der Waals surface area (Å²) in [5.74, 6) is 1.58. The maximum absolute atomic E-state index is 6.20. The largest absolute Gasteiger partial charge is 0.378 e. The summed E-state index contributed by atoms with van der Waals surface area (Å²) in [6, 6.07) is 7.57. The normalized spacial score (nSPS) is 14.7. The van der Waals surface area contributed by atoms with Crippen LogP contribution in [0.3, 0.4) is 0 Å². The number of morpholine rings is 1. The van der Waals surface area contributed by atoms with Gasteiger partial charge in [0.1, 0.15) is 5.82 Å². The van der Waals surface area contributed by atoms with Crippen LogP contribution >= 0.6 is 23.2 Å². The highest BCUT2D eigenvalue weighted by Crippen LogP contribution is 2.21. The van der Waals surface area contributed by atoms with Gasteiger partial charge in [-0.25, -0.2) is 4.98 Å². The molecule has 1 aliphatic heterocycles. The van der Waals surface area contributed by atoms with Crippen LogP contribution in [0.15, 0.2) is 24.3 Å². The van der Waals surface area contributed by atoms with E-state index in [-0.39, 0.29) is 0 Å². The second kappa shape index (κ2) is 8.01. The number of anilines is 2. The molecular weight excluding hydrogens is 347 g/mol. The van der Waals surface area contributed by atoms with Crippen LogP contribution in [0, 0.1) is 6.92 Å². The lowest BCUT2D eigenvalue weighted by Gasteiger charge is -2.28. The second-order valence-corrected chi connectivity index (χ2v) is 6.55. The highest BCUT2D eigenvalue weighted by molar-refractivity contribution is 6.35. The topological polar surface area (TPSA) is 50.3 Å². The number of halogens is 2. The van der Waals surface area contributed by atoms with Gasteiger partial charge < -0.3 is 15.0 Å². The molecule has 1 N–H and O–H groups in total. The average molecular weight is 367 g/mol. The molecule has 1 aliphatic rings. The first-order valence-corrected chi connectivity index (χ1v) is 8.73. The van der Waals surface area contributed by atoms with E-state index < -0.39 is 0 Å². The summed E-state index contributed by atoms with van der Waals surface area (Å²) in [5, 5.41) is 4.61. The molecular formula is C17H20Cl2N4O. The zero-order chi connectivity index (χ0) is 16.9. The summed E-state index contributed by atoms with van der Waals surface area (Å²) in [7, 11) is 0. The van der Waals surface area contributed by atoms with Crippen molar-refractivity contribution in [3.63, 3.8) is 0 Å². The molecule has 7 heteroatoms. The Kier molecular flexibility index (Phi) is 5.76. The van der Waals surface area contributed by atoms with Gasteiger partial charge >= 0.3 is 0 Å². The molecule has 128 valence electrons. The van der Waals surface area contributed by atoms with E-state index in [1.807, 2.05) is 25.1 Å². The van der Waals surface area contributed by atoms with Crippen LogP contribution in [0.2, 0.25) is 10.0 Å². The number of rotatable bonds is 5. The minimum atomic E-state index is 0.640. The van der Waals surface area contributed by atoms with Gasteiger partial charge in [0, 0.05) is 41.4 Å². The summed E-state index contributed by atoms with van der Waals surface area (Å²) in [6.07, 6.45) is 0.778. The van der Waals surface area contributed by atoms with E-state index in [1.54, 1.807) is 6.07 Å². The molecule has 5 nitrogen and oxygen atoms in total. The van der Waals surface area contributed by atoms with Crippen molar-refractivity contribution in [2.75, 3.05) is 43.1 Å². The van der Waals surface area contributed by atoms with Gasteiger partial charge in [-0.1, -0.05) is 29.3 Å². The Bertz CT molecular complexity index is 705. The van der Waals surface area contributed by atoms with Gasteiger partial charge in [0.15, 0.2) is 0 Å². The quantitative estimate of drug-likeness (QED) is 0.876. The van der Waals surface area contributed by atoms with Crippen molar-refractivity contribution in [1.29, 1.82) is 0 Å². The Morgan fingerprint density at radius 3 is 2.71 bits per heavy atom.